The van der Waals surface area contributed by atoms with Crippen LogP contribution < -0.4 is 5.32 Å². The summed E-state index contributed by atoms with van der Waals surface area (Å²) in [5.74, 6) is 0.961. The Bertz CT molecular complexity index is 560. The number of rotatable bonds is 7. The summed E-state index contributed by atoms with van der Waals surface area (Å²) in [6.45, 7) is 5.30. The predicted octanol–water partition coefficient (Wildman–Crippen LogP) is 2.64. The van der Waals surface area contributed by atoms with Crippen LogP contribution in [-0.2, 0) is 11.2 Å². The maximum atomic E-state index is 10.8. The summed E-state index contributed by atoms with van der Waals surface area (Å²) in [6.07, 6.45) is 2.53. The van der Waals surface area contributed by atoms with E-state index in [1.54, 1.807) is 6.92 Å². The van der Waals surface area contributed by atoms with Gasteiger partial charge in [0.15, 0.2) is 11.5 Å². The van der Waals surface area contributed by atoms with E-state index in [2.05, 4.69) is 16.4 Å². The molecule has 4 nitrogen and oxygen atoms in total. The quantitative estimate of drug-likeness (QED) is 0.778. The summed E-state index contributed by atoms with van der Waals surface area (Å²) in [7, 11) is 0. The highest BCUT2D eigenvalue weighted by atomic mass is 16.3. The number of Topliss-reactive ketones (excluding diaryl/α,β-unsaturated/α-hetero) is 1. The Balaban J connectivity index is 1.76. The molecule has 0 amide bonds. The van der Waals surface area contributed by atoms with Gasteiger partial charge in [0.25, 0.3) is 0 Å². The van der Waals surface area contributed by atoms with Crippen molar-refractivity contribution in [2.24, 2.45) is 0 Å². The van der Waals surface area contributed by atoms with Gasteiger partial charge in [-0.05, 0) is 50.6 Å². The van der Waals surface area contributed by atoms with E-state index in [-0.39, 0.29) is 5.78 Å². The van der Waals surface area contributed by atoms with Crippen LogP contribution in [0, 0.1) is 6.92 Å². The number of nitrogens with zero attached hydrogens (tertiary/aromatic N) is 1. The van der Waals surface area contributed by atoms with Crippen LogP contribution in [0.1, 0.15) is 31.2 Å². The number of aromatic nitrogens is 1. The molecule has 0 aliphatic heterocycles. The van der Waals surface area contributed by atoms with Crippen molar-refractivity contribution < 1.29 is 9.21 Å². The molecule has 0 saturated carbocycles. The molecule has 1 aromatic carbocycles. The number of fused-ring (bicyclic) bond motifs is 1. The van der Waals surface area contributed by atoms with Gasteiger partial charge >= 0.3 is 0 Å². The molecular formula is C15H20N2O2. The molecule has 1 heterocycles. The van der Waals surface area contributed by atoms with Gasteiger partial charge in [0.2, 0.25) is 0 Å². The van der Waals surface area contributed by atoms with E-state index < -0.39 is 0 Å². The monoisotopic (exact) mass is 260 g/mol. The second-order valence-electron chi connectivity index (χ2n) is 4.84. The molecule has 0 atom stereocenters. The molecule has 0 bridgehead atoms. The molecule has 0 unspecified atom stereocenters. The molecule has 4 heteroatoms. The Morgan fingerprint density at radius 3 is 3.00 bits per heavy atom. The van der Waals surface area contributed by atoms with Crippen LogP contribution in [0.15, 0.2) is 22.6 Å². The zero-order chi connectivity index (χ0) is 13.7. The van der Waals surface area contributed by atoms with Crippen molar-refractivity contribution in [2.75, 3.05) is 13.1 Å². The Labute approximate surface area is 113 Å². The van der Waals surface area contributed by atoms with Gasteiger partial charge in [0.1, 0.15) is 11.3 Å². The van der Waals surface area contributed by atoms with E-state index in [1.807, 2.05) is 19.1 Å². The molecule has 0 radical (unpaired) electrons. The van der Waals surface area contributed by atoms with Crippen molar-refractivity contribution in [3.63, 3.8) is 0 Å². The zero-order valence-electron chi connectivity index (χ0n) is 11.5. The number of carbonyl (C=O) groups is 1. The lowest BCUT2D eigenvalue weighted by atomic mass is 10.1. The molecule has 2 rings (SSSR count). The summed E-state index contributed by atoms with van der Waals surface area (Å²) in [5, 5.41) is 3.34. The molecule has 0 fully saturated rings. The van der Waals surface area contributed by atoms with Gasteiger partial charge < -0.3 is 14.5 Å². The van der Waals surface area contributed by atoms with Crippen LogP contribution in [0.25, 0.3) is 11.1 Å². The first-order chi connectivity index (χ1) is 9.15. The average molecular weight is 260 g/mol. The highest BCUT2D eigenvalue weighted by Gasteiger charge is 2.03. The lowest BCUT2D eigenvalue weighted by Crippen LogP contribution is -2.19. The second-order valence-corrected chi connectivity index (χ2v) is 4.84. The highest BCUT2D eigenvalue weighted by Crippen LogP contribution is 2.16. The van der Waals surface area contributed by atoms with E-state index >= 15 is 0 Å². The third-order valence-electron chi connectivity index (χ3n) is 3.03. The first kappa shape index (κ1) is 13.7. The molecule has 1 aromatic heterocycles. The number of nitrogens with one attached hydrogen (secondary N) is 1. The summed E-state index contributed by atoms with van der Waals surface area (Å²) >= 11 is 0. The Hall–Kier alpha value is -1.68. The van der Waals surface area contributed by atoms with Crippen LogP contribution >= 0.6 is 0 Å². The van der Waals surface area contributed by atoms with Crippen LogP contribution in [0.5, 0.6) is 0 Å². The topological polar surface area (TPSA) is 55.1 Å². The van der Waals surface area contributed by atoms with E-state index in [0.29, 0.717) is 12.3 Å². The maximum Gasteiger partial charge on any atom is 0.192 e. The highest BCUT2D eigenvalue weighted by molar-refractivity contribution is 5.75. The first-order valence-corrected chi connectivity index (χ1v) is 6.71. The van der Waals surface area contributed by atoms with Crippen molar-refractivity contribution >= 4 is 16.9 Å². The van der Waals surface area contributed by atoms with Gasteiger partial charge in [-0.25, -0.2) is 4.98 Å². The number of benzene rings is 1. The summed E-state index contributed by atoms with van der Waals surface area (Å²) in [5.41, 5.74) is 3.00. The number of oxazole rings is 1. The minimum Gasteiger partial charge on any atom is -0.441 e. The predicted molar refractivity (Wildman–Crippen MR) is 75.2 cm³/mol. The van der Waals surface area contributed by atoms with E-state index in [0.717, 1.165) is 37.0 Å². The molecule has 102 valence electrons. The second kappa shape index (κ2) is 6.48. The Morgan fingerprint density at radius 2 is 2.21 bits per heavy atom. The van der Waals surface area contributed by atoms with Crippen LogP contribution in [0.2, 0.25) is 0 Å². The van der Waals surface area contributed by atoms with Crippen LogP contribution in [0.4, 0.5) is 0 Å². The largest absolute Gasteiger partial charge is 0.441 e. The van der Waals surface area contributed by atoms with Crippen molar-refractivity contribution in [3.05, 3.63) is 29.7 Å². The van der Waals surface area contributed by atoms with Crippen LogP contribution in [0.3, 0.4) is 0 Å². The van der Waals surface area contributed by atoms with Crippen molar-refractivity contribution in [3.8, 4) is 0 Å². The van der Waals surface area contributed by atoms with Crippen molar-refractivity contribution in [2.45, 2.75) is 33.1 Å². The lowest BCUT2D eigenvalue weighted by Gasteiger charge is -2.04. The fraction of sp³-hybridized carbons (Fsp3) is 0.467. The third-order valence-corrected chi connectivity index (χ3v) is 3.03. The van der Waals surface area contributed by atoms with Gasteiger partial charge in [-0.1, -0.05) is 6.07 Å². The van der Waals surface area contributed by atoms with Gasteiger partial charge in [-0.15, -0.1) is 0 Å². The smallest absolute Gasteiger partial charge is 0.192 e. The minimum atomic E-state index is 0.257. The SMILES string of the molecule is CC(=O)CCCNCCc1ccc2nc(C)oc2c1. The molecule has 19 heavy (non-hydrogen) atoms. The van der Waals surface area contributed by atoms with Gasteiger partial charge in [0.05, 0.1) is 0 Å². The van der Waals surface area contributed by atoms with Gasteiger partial charge in [-0.2, -0.15) is 0 Å². The maximum absolute atomic E-state index is 10.8. The molecule has 0 spiro atoms. The molecule has 0 aliphatic carbocycles. The average Bonchev–Trinajstić information content (AvgIpc) is 2.72. The Morgan fingerprint density at radius 1 is 1.37 bits per heavy atom. The minimum absolute atomic E-state index is 0.257. The summed E-state index contributed by atoms with van der Waals surface area (Å²) in [6, 6.07) is 6.13. The van der Waals surface area contributed by atoms with Crippen molar-refractivity contribution in [1.82, 2.24) is 10.3 Å². The number of aryl methyl sites for hydroxylation is 1. The van der Waals surface area contributed by atoms with E-state index in [4.69, 9.17) is 4.42 Å². The number of hydrogen-bond acceptors (Lipinski definition) is 4. The summed E-state index contributed by atoms with van der Waals surface area (Å²) < 4.78 is 5.51. The first-order valence-electron chi connectivity index (χ1n) is 6.71. The fourth-order valence-corrected chi connectivity index (χ4v) is 2.06. The number of carbonyl (C=O) groups excluding carboxylic acids is 1. The van der Waals surface area contributed by atoms with Crippen LogP contribution in [-0.4, -0.2) is 23.9 Å². The molecule has 0 saturated heterocycles. The van der Waals surface area contributed by atoms with E-state index in [1.165, 1.54) is 5.56 Å². The molecule has 0 aliphatic rings. The van der Waals surface area contributed by atoms with E-state index in [9.17, 15) is 4.79 Å². The number of ketones is 1. The molecular weight excluding hydrogens is 240 g/mol. The normalized spacial score (nSPS) is 11.1. The fourth-order valence-electron chi connectivity index (χ4n) is 2.06. The summed E-state index contributed by atoms with van der Waals surface area (Å²) in [4.78, 5) is 15.1. The van der Waals surface area contributed by atoms with Gasteiger partial charge in [-0.3, -0.25) is 0 Å². The van der Waals surface area contributed by atoms with Gasteiger partial charge in [0, 0.05) is 13.3 Å². The lowest BCUT2D eigenvalue weighted by molar-refractivity contribution is -0.117. The van der Waals surface area contributed by atoms with Crippen molar-refractivity contribution in [1.29, 1.82) is 0 Å². The zero-order valence-corrected chi connectivity index (χ0v) is 11.5. The Kier molecular flexibility index (Phi) is 4.68. The third kappa shape index (κ3) is 4.17. The standard InChI is InChI=1S/C15H20N2O2/c1-11(18)4-3-8-16-9-7-13-5-6-14-15(10-13)19-12(2)17-14/h5-6,10,16H,3-4,7-9H2,1-2H3. The molecule has 2 aromatic rings. The number of hydrogen-bond donors (Lipinski definition) is 1. The molecule has 1 N–H and O–H groups in total.